The van der Waals surface area contributed by atoms with E-state index in [0.717, 1.165) is 32.0 Å². The Kier molecular flexibility index (Phi) is 4.07. The first-order valence-electron chi connectivity index (χ1n) is 6.00. The van der Waals surface area contributed by atoms with Gasteiger partial charge in [0.25, 0.3) is 0 Å². The average Bonchev–Trinajstić information content (AvgIpc) is 2.36. The van der Waals surface area contributed by atoms with E-state index in [1.54, 1.807) is 0 Å². The molecule has 1 aromatic carbocycles. The van der Waals surface area contributed by atoms with E-state index < -0.39 is 17.7 Å². The number of piperidine rings is 1. The van der Waals surface area contributed by atoms with Crippen LogP contribution in [0.15, 0.2) is 18.2 Å². The number of aliphatic hydroxyl groups excluding tert-OH is 1. The molecule has 2 rings (SSSR count). The fraction of sp³-hybridized carbons (Fsp3) is 0.538. The van der Waals surface area contributed by atoms with E-state index in [9.17, 15) is 13.9 Å². The van der Waals surface area contributed by atoms with Crippen LogP contribution in [0.5, 0.6) is 0 Å². The van der Waals surface area contributed by atoms with Gasteiger partial charge in [0.2, 0.25) is 0 Å². The molecule has 94 valence electrons. The van der Waals surface area contributed by atoms with Gasteiger partial charge < -0.3 is 10.4 Å². The topological polar surface area (TPSA) is 32.3 Å². The average molecular weight is 241 g/mol. The summed E-state index contributed by atoms with van der Waals surface area (Å²) in [4.78, 5) is 0. The Balaban J connectivity index is 2.01. The third kappa shape index (κ3) is 3.01. The summed E-state index contributed by atoms with van der Waals surface area (Å²) >= 11 is 0. The van der Waals surface area contributed by atoms with Crippen molar-refractivity contribution in [3.05, 3.63) is 35.4 Å². The van der Waals surface area contributed by atoms with E-state index in [1.807, 2.05) is 0 Å². The van der Waals surface area contributed by atoms with E-state index in [0.29, 0.717) is 0 Å². The lowest BCUT2D eigenvalue weighted by Gasteiger charge is -2.27. The van der Waals surface area contributed by atoms with E-state index >= 15 is 0 Å². The maximum Gasteiger partial charge on any atom is 0.162 e. The Morgan fingerprint density at radius 3 is 2.71 bits per heavy atom. The van der Waals surface area contributed by atoms with E-state index in [2.05, 4.69) is 5.32 Å². The molecule has 1 unspecified atom stereocenters. The van der Waals surface area contributed by atoms with Gasteiger partial charge in [0, 0.05) is 6.42 Å². The van der Waals surface area contributed by atoms with Crippen LogP contribution in [-0.4, -0.2) is 24.3 Å². The molecule has 0 radical (unpaired) electrons. The molecule has 0 aromatic heterocycles. The van der Waals surface area contributed by atoms with Crippen LogP contribution in [0.4, 0.5) is 8.78 Å². The predicted octanol–water partition coefficient (Wildman–Crippen LogP) is 1.87. The maximum absolute atomic E-state index is 13.4. The van der Waals surface area contributed by atoms with Crippen molar-refractivity contribution in [1.29, 1.82) is 0 Å². The fourth-order valence-electron chi connectivity index (χ4n) is 2.33. The molecule has 1 aliphatic heterocycles. The van der Waals surface area contributed by atoms with Gasteiger partial charge >= 0.3 is 0 Å². The lowest BCUT2D eigenvalue weighted by molar-refractivity contribution is 0.0881. The first kappa shape index (κ1) is 12.5. The van der Waals surface area contributed by atoms with Gasteiger partial charge in [-0.15, -0.1) is 0 Å². The molecule has 0 saturated carbocycles. The first-order valence-corrected chi connectivity index (χ1v) is 6.00. The molecule has 1 fully saturated rings. The summed E-state index contributed by atoms with van der Waals surface area (Å²) in [6.45, 7) is 1.76. The van der Waals surface area contributed by atoms with Gasteiger partial charge in [-0.05, 0) is 43.5 Å². The van der Waals surface area contributed by atoms with Gasteiger partial charge in [0.1, 0.15) is 0 Å². The van der Waals surface area contributed by atoms with Crippen molar-refractivity contribution in [3.8, 4) is 0 Å². The molecule has 0 bridgehead atoms. The predicted molar refractivity (Wildman–Crippen MR) is 61.7 cm³/mol. The molecule has 2 nitrogen and oxygen atoms in total. The van der Waals surface area contributed by atoms with E-state index in [4.69, 9.17) is 0 Å². The van der Waals surface area contributed by atoms with Crippen molar-refractivity contribution in [1.82, 2.24) is 5.32 Å². The van der Waals surface area contributed by atoms with Crippen molar-refractivity contribution in [3.63, 3.8) is 0 Å². The minimum atomic E-state index is -0.847. The zero-order chi connectivity index (χ0) is 12.3. The first-order chi connectivity index (χ1) is 8.18. The standard InChI is InChI=1S/C13H17F2NO/c14-11-3-1-2-10(13(11)15)8-12(17)9-4-6-16-7-5-9/h1-3,9,12,16-17H,4-8H2. The summed E-state index contributed by atoms with van der Waals surface area (Å²) in [5.74, 6) is -1.50. The Labute approximate surface area is 99.7 Å². The summed E-state index contributed by atoms with van der Waals surface area (Å²) in [5.41, 5.74) is 0.260. The number of hydrogen-bond acceptors (Lipinski definition) is 2. The van der Waals surface area contributed by atoms with Crippen molar-refractivity contribution in [2.24, 2.45) is 5.92 Å². The highest BCUT2D eigenvalue weighted by molar-refractivity contribution is 5.19. The summed E-state index contributed by atoms with van der Waals surface area (Å²) in [7, 11) is 0. The quantitative estimate of drug-likeness (QED) is 0.846. The highest BCUT2D eigenvalue weighted by Crippen LogP contribution is 2.21. The molecular formula is C13H17F2NO. The maximum atomic E-state index is 13.4. The molecule has 0 aliphatic carbocycles. The van der Waals surface area contributed by atoms with Crippen LogP contribution in [0.2, 0.25) is 0 Å². The normalized spacial score (nSPS) is 19.2. The summed E-state index contributed by atoms with van der Waals surface area (Å²) < 4.78 is 26.4. The minimum absolute atomic E-state index is 0.180. The highest BCUT2D eigenvalue weighted by Gasteiger charge is 2.23. The van der Waals surface area contributed by atoms with Crippen molar-refractivity contribution >= 4 is 0 Å². The molecule has 0 amide bonds. The second-order valence-corrected chi connectivity index (χ2v) is 4.57. The number of aliphatic hydroxyl groups is 1. The second-order valence-electron chi connectivity index (χ2n) is 4.57. The third-order valence-corrected chi connectivity index (χ3v) is 3.39. The molecule has 1 aromatic rings. The highest BCUT2D eigenvalue weighted by atomic mass is 19.2. The molecule has 17 heavy (non-hydrogen) atoms. The third-order valence-electron chi connectivity index (χ3n) is 3.39. The zero-order valence-corrected chi connectivity index (χ0v) is 9.63. The monoisotopic (exact) mass is 241 g/mol. The molecule has 1 atom stereocenters. The minimum Gasteiger partial charge on any atom is -0.392 e. The van der Waals surface area contributed by atoms with Gasteiger partial charge in [-0.2, -0.15) is 0 Å². The number of halogens is 2. The van der Waals surface area contributed by atoms with Crippen LogP contribution < -0.4 is 5.32 Å². The van der Waals surface area contributed by atoms with Crippen molar-refractivity contribution in [2.75, 3.05) is 13.1 Å². The van der Waals surface area contributed by atoms with Crippen LogP contribution in [0.1, 0.15) is 18.4 Å². The van der Waals surface area contributed by atoms with Crippen LogP contribution in [-0.2, 0) is 6.42 Å². The second kappa shape index (κ2) is 5.56. The Hall–Kier alpha value is -1.00. The van der Waals surface area contributed by atoms with Crippen molar-refractivity contribution in [2.45, 2.75) is 25.4 Å². The number of rotatable bonds is 3. The van der Waals surface area contributed by atoms with Crippen LogP contribution >= 0.6 is 0 Å². The van der Waals surface area contributed by atoms with Gasteiger partial charge in [-0.3, -0.25) is 0 Å². The summed E-state index contributed by atoms with van der Waals surface area (Å²) in [5, 5.41) is 13.2. The SMILES string of the molecule is OC(Cc1cccc(F)c1F)C1CCNCC1. The van der Waals surface area contributed by atoms with Crippen molar-refractivity contribution < 1.29 is 13.9 Å². The number of benzene rings is 1. The van der Waals surface area contributed by atoms with E-state index in [-0.39, 0.29) is 17.9 Å². The molecule has 4 heteroatoms. The molecular weight excluding hydrogens is 224 g/mol. The zero-order valence-electron chi connectivity index (χ0n) is 9.63. The smallest absolute Gasteiger partial charge is 0.162 e. The summed E-state index contributed by atoms with van der Waals surface area (Å²) in [6, 6.07) is 4.10. The number of nitrogens with one attached hydrogen (secondary N) is 1. The molecule has 0 spiro atoms. The van der Waals surface area contributed by atoms with Gasteiger partial charge in [-0.1, -0.05) is 12.1 Å². The van der Waals surface area contributed by atoms with Gasteiger partial charge in [0.05, 0.1) is 6.10 Å². The molecule has 1 aliphatic rings. The van der Waals surface area contributed by atoms with Gasteiger partial charge in [0.15, 0.2) is 11.6 Å². The lowest BCUT2D eigenvalue weighted by Crippen LogP contribution is -2.35. The van der Waals surface area contributed by atoms with Crippen LogP contribution in [0.3, 0.4) is 0 Å². The Bertz CT molecular complexity index is 378. The molecule has 1 saturated heterocycles. The van der Waals surface area contributed by atoms with E-state index in [1.165, 1.54) is 12.1 Å². The largest absolute Gasteiger partial charge is 0.392 e. The fourth-order valence-corrected chi connectivity index (χ4v) is 2.33. The molecule has 1 heterocycles. The molecule has 2 N–H and O–H groups in total. The Morgan fingerprint density at radius 2 is 2.00 bits per heavy atom. The van der Waals surface area contributed by atoms with Crippen LogP contribution in [0.25, 0.3) is 0 Å². The van der Waals surface area contributed by atoms with Gasteiger partial charge in [-0.25, -0.2) is 8.78 Å². The van der Waals surface area contributed by atoms with Crippen LogP contribution in [0, 0.1) is 17.6 Å². The Morgan fingerprint density at radius 1 is 1.29 bits per heavy atom. The number of hydrogen-bond donors (Lipinski definition) is 2. The lowest BCUT2D eigenvalue weighted by atomic mass is 9.88. The summed E-state index contributed by atoms with van der Waals surface area (Å²) in [6.07, 6.45) is 1.37.